The summed E-state index contributed by atoms with van der Waals surface area (Å²) in [6.45, 7) is 11.4. The van der Waals surface area contributed by atoms with E-state index in [1.807, 2.05) is 24.8 Å². The Bertz CT molecular complexity index is 1500. The zero-order chi connectivity index (χ0) is 25.8. The number of thiophene rings is 1. The summed E-state index contributed by atoms with van der Waals surface area (Å²) in [5.41, 5.74) is 5.56. The third-order valence-corrected chi connectivity index (χ3v) is 11.1. The second-order valence-electron chi connectivity index (χ2n) is 10.6. The van der Waals surface area contributed by atoms with Crippen molar-refractivity contribution >= 4 is 47.1 Å². The van der Waals surface area contributed by atoms with Crippen molar-refractivity contribution in [2.24, 2.45) is 0 Å². The summed E-state index contributed by atoms with van der Waals surface area (Å²) in [7, 11) is 6.44. The van der Waals surface area contributed by atoms with Gasteiger partial charge in [-0.3, -0.25) is 0 Å². The van der Waals surface area contributed by atoms with Crippen molar-refractivity contribution in [3.8, 4) is 20.4 Å². The number of hydrogen-bond donors (Lipinski definition) is 0. The number of hydrogen-bond acceptors (Lipinski definition) is 3. The van der Waals surface area contributed by atoms with Crippen LogP contribution in [0.25, 0.3) is 30.1 Å². The van der Waals surface area contributed by atoms with Gasteiger partial charge in [0.15, 0.2) is 0 Å². The zero-order valence-corrected chi connectivity index (χ0v) is 25.0. The van der Waals surface area contributed by atoms with Crippen LogP contribution in [-0.2, 0) is 5.41 Å². The van der Waals surface area contributed by atoms with Crippen LogP contribution in [0.4, 0.5) is 5.69 Å². The first kappa shape index (κ1) is 25.3. The quantitative estimate of drug-likeness (QED) is 0.189. The van der Waals surface area contributed by atoms with E-state index >= 15 is 0 Å². The van der Waals surface area contributed by atoms with Crippen LogP contribution in [0.1, 0.15) is 49.4 Å². The summed E-state index contributed by atoms with van der Waals surface area (Å²) in [5, 5.41) is 2.59. The standard InChI is InChI=1S/C30H36N3OSSe/c1-8-33(9-2)29(34)25-13-12-24(35-25)28-20-11-10-19(31(5)6)16-26(20)36-27-18-23-22(17-21(27)28)30(3,4)14-15-32(23)7/h10-13,16-18H,8-9,14-15H2,1-7H3/q+1. The first-order valence-corrected chi connectivity index (χ1v) is 15.3. The van der Waals surface area contributed by atoms with Gasteiger partial charge in [-0.2, -0.15) is 0 Å². The third-order valence-electron chi connectivity index (χ3n) is 7.66. The molecular weight excluding hydrogens is 529 g/mol. The molecule has 1 aromatic heterocycles. The van der Waals surface area contributed by atoms with Gasteiger partial charge in [0.25, 0.3) is 0 Å². The van der Waals surface area contributed by atoms with Crippen LogP contribution in [0.5, 0.6) is 0 Å². The van der Waals surface area contributed by atoms with Crippen molar-refractivity contribution in [3.05, 3.63) is 58.3 Å². The molecule has 0 bridgehead atoms. The van der Waals surface area contributed by atoms with Crippen LogP contribution < -0.4 is 14.8 Å². The predicted octanol–water partition coefficient (Wildman–Crippen LogP) is 5.36. The molecule has 1 amide bonds. The second kappa shape index (κ2) is 9.48. The predicted molar refractivity (Wildman–Crippen MR) is 156 cm³/mol. The number of fused-ring (bicyclic) bond motifs is 3. The normalized spacial score (nSPS) is 14.8. The fraction of sp³-hybridized carbons (Fsp3) is 0.400. The molecule has 2 aromatic rings. The summed E-state index contributed by atoms with van der Waals surface area (Å²) in [5.74, 6) is 0.133. The molecule has 3 heterocycles. The minimum atomic E-state index is 0.133. The van der Waals surface area contributed by atoms with Gasteiger partial charge in [-0.1, -0.05) is 0 Å². The number of nitrogens with zero attached hydrogens (tertiary/aromatic N) is 3. The number of amides is 1. The Labute approximate surface area is 224 Å². The molecule has 0 N–H and O–H groups in total. The Morgan fingerprint density at radius 2 is 1.86 bits per heavy atom. The maximum atomic E-state index is 13.1. The van der Waals surface area contributed by atoms with E-state index in [4.69, 9.17) is 0 Å². The summed E-state index contributed by atoms with van der Waals surface area (Å²) < 4.78 is 5.04. The Hall–Kier alpha value is -2.40. The Morgan fingerprint density at radius 1 is 1.11 bits per heavy atom. The van der Waals surface area contributed by atoms with Gasteiger partial charge in [-0.25, -0.2) is 0 Å². The number of benzene rings is 2. The molecule has 1 aromatic carbocycles. The average molecular weight is 566 g/mol. The molecule has 0 spiro atoms. The third kappa shape index (κ3) is 4.23. The van der Waals surface area contributed by atoms with Crippen LogP contribution in [-0.4, -0.2) is 66.1 Å². The van der Waals surface area contributed by atoms with Crippen molar-refractivity contribution in [1.82, 2.24) is 9.48 Å². The van der Waals surface area contributed by atoms with Crippen molar-refractivity contribution in [3.63, 3.8) is 0 Å². The van der Waals surface area contributed by atoms with E-state index in [1.165, 1.54) is 46.7 Å². The molecule has 6 heteroatoms. The topological polar surface area (TPSA) is 26.6 Å². The zero-order valence-electron chi connectivity index (χ0n) is 22.4. The van der Waals surface area contributed by atoms with Gasteiger partial charge in [0.05, 0.1) is 0 Å². The molecular formula is C30H36N3OSSe+. The van der Waals surface area contributed by atoms with Crippen molar-refractivity contribution in [2.75, 3.05) is 45.7 Å². The Kier molecular flexibility index (Phi) is 6.65. The van der Waals surface area contributed by atoms with Crippen molar-refractivity contribution < 1.29 is 4.79 Å². The monoisotopic (exact) mass is 566 g/mol. The van der Waals surface area contributed by atoms with Gasteiger partial charge in [0.1, 0.15) is 0 Å². The summed E-state index contributed by atoms with van der Waals surface area (Å²) in [4.78, 5) is 19.5. The molecule has 188 valence electrons. The molecule has 0 saturated carbocycles. The van der Waals surface area contributed by atoms with Crippen LogP contribution in [0.3, 0.4) is 0 Å². The maximum absolute atomic E-state index is 13.1. The summed E-state index contributed by atoms with van der Waals surface area (Å²) in [6.07, 6.45) is 1.15. The second-order valence-corrected chi connectivity index (χ2v) is 14.0. The molecule has 0 fully saturated rings. The van der Waals surface area contributed by atoms with Crippen molar-refractivity contribution in [2.45, 2.75) is 39.5 Å². The SMILES string of the molecule is CCN(CC)C(=O)c1ccc(-c2c3ccc(=[N+](C)C)cc-3[se]c3cc4c(cc23)C(C)(C)CCN4C)s1. The van der Waals surface area contributed by atoms with Crippen molar-refractivity contribution in [1.29, 1.82) is 0 Å². The molecule has 0 saturated heterocycles. The molecule has 36 heavy (non-hydrogen) atoms. The van der Waals surface area contributed by atoms with E-state index in [0.29, 0.717) is 0 Å². The number of carbonyl (C=O) groups is 1. The van der Waals surface area contributed by atoms with Gasteiger partial charge < -0.3 is 0 Å². The number of anilines is 1. The summed E-state index contributed by atoms with van der Waals surface area (Å²) in [6, 6.07) is 16.0. The molecule has 4 nitrogen and oxygen atoms in total. The first-order valence-electron chi connectivity index (χ1n) is 12.8. The molecule has 5 rings (SSSR count). The Morgan fingerprint density at radius 3 is 2.56 bits per heavy atom. The molecule has 0 radical (unpaired) electrons. The van der Waals surface area contributed by atoms with Gasteiger partial charge in [0.2, 0.25) is 0 Å². The number of rotatable bonds is 4. The molecule has 1 aliphatic carbocycles. The molecule has 2 aliphatic heterocycles. The Balaban J connectivity index is 1.82. The summed E-state index contributed by atoms with van der Waals surface area (Å²) >= 11 is 1.86. The van der Waals surface area contributed by atoms with Crippen LogP contribution in [0, 0.1) is 0 Å². The van der Waals surface area contributed by atoms with Crippen LogP contribution in [0.15, 0.2) is 42.5 Å². The van der Waals surface area contributed by atoms with E-state index in [-0.39, 0.29) is 25.8 Å². The van der Waals surface area contributed by atoms with Gasteiger partial charge in [-0.15, -0.1) is 0 Å². The van der Waals surface area contributed by atoms with E-state index in [1.54, 1.807) is 11.3 Å². The molecule has 0 unspecified atom stereocenters. The average Bonchev–Trinajstić information content (AvgIpc) is 3.34. The fourth-order valence-electron chi connectivity index (χ4n) is 5.27. The van der Waals surface area contributed by atoms with Gasteiger partial charge >= 0.3 is 225 Å². The fourth-order valence-corrected chi connectivity index (χ4v) is 8.71. The minimum absolute atomic E-state index is 0.133. The molecule has 0 atom stereocenters. The first-order chi connectivity index (χ1) is 17.1. The van der Waals surface area contributed by atoms with E-state index in [0.717, 1.165) is 30.9 Å². The van der Waals surface area contributed by atoms with Gasteiger partial charge in [0, 0.05) is 0 Å². The van der Waals surface area contributed by atoms with E-state index in [9.17, 15) is 4.79 Å². The van der Waals surface area contributed by atoms with Crippen LogP contribution in [0.2, 0.25) is 0 Å². The number of carbonyl (C=O) groups excluding carboxylic acids is 1. The van der Waals surface area contributed by atoms with E-state index < -0.39 is 0 Å². The van der Waals surface area contributed by atoms with E-state index in [2.05, 4.69) is 80.9 Å². The molecule has 3 aliphatic rings. The van der Waals surface area contributed by atoms with Crippen LogP contribution >= 0.6 is 11.3 Å². The van der Waals surface area contributed by atoms with Gasteiger partial charge in [-0.05, 0) is 0 Å².